The lowest BCUT2D eigenvalue weighted by Gasteiger charge is -2.37. The Morgan fingerprint density at radius 1 is 1.24 bits per heavy atom. The van der Waals surface area contributed by atoms with Gasteiger partial charge in [0.25, 0.3) is 5.91 Å². The third-order valence-electron chi connectivity index (χ3n) is 6.50. The number of amides is 1. The van der Waals surface area contributed by atoms with Gasteiger partial charge in [-0.05, 0) is 80.2 Å². The topological polar surface area (TPSA) is 74.3 Å². The normalized spacial score (nSPS) is 17.0. The van der Waals surface area contributed by atoms with E-state index < -0.39 is 0 Å². The average Bonchev–Trinajstić information content (AvgIpc) is 3.31. The number of aryl methyl sites for hydroxylation is 1. The number of hydrogen-bond acceptors (Lipinski definition) is 6. The van der Waals surface area contributed by atoms with Crippen LogP contribution in [-0.2, 0) is 4.79 Å². The fraction of sp³-hybridized carbons (Fsp3) is 0.560. The number of thiophene rings is 1. The van der Waals surface area contributed by atoms with Crippen molar-refractivity contribution in [3.8, 4) is 0 Å². The van der Waals surface area contributed by atoms with Gasteiger partial charge in [0, 0.05) is 24.5 Å². The van der Waals surface area contributed by atoms with E-state index in [-0.39, 0.29) is 34.0 Å². The molecule has 0 aromatic carbocycles. The molecule has 2 aromatic rings. The largest absolute Gasteiger partial charge is 0.352 e. The molecule has 0 saturated carbocycles. The highest BCUT2D eigenvalue weighted by Gasteiger charge is 2.29. The van der Waals surface area contributed by atoms with Crippen LogP contribution in [0, 0.1) is 12.8 Å². The first-order valence-electron chi connectivity index (χ1n) is 11.8. The van der Waals surface area contributed by atoms with Crippen molar-refractivity contribution in [3.05, 3.63) is 49.9 Å². The van der Waals surface area contributed by atoms with E-state index in [1.807, 2.05) is 25.3 Å². The fourth-order valence-electron chi connectivity index (χ4n) is 4.39. The lowest BCUT2D eigenvalue weighted by Crippen LogP contribution is -2.48. The number of aromatic nitrogens is 1. The van der Waals surface area contributed by atoms with Crippen LogP contribution < -0.4 is 10.6 Å². The summed E-state index contributed by atoms with van der Waals surface area (Å²) in [5, 5.41) is 11.1. The zero-order chi connectivity index (χ0) is 24.8. The van der Waals surface area contributed by atoms with E-state index in [0.717, 1.165) is 37.9 Å². The van der Waals surface area contributed by atoms with Crippen molar-refractivity contribution in [2.24, 2.45) is 5.92 Å². The summed E-state index contributed by atoms with van der Waals surface area (Å²) in [5.74, 6) is 0.0160. The van der Waals surface area contributed by atoms with Crippen molar-refractivity contribution in [1.29, 1.82) is 0 Å². The van der Waals surface area contributed by atoms with Gasteiger partial charge in [-0.25, -0.2) is 4.98 Å². The van der Waals surface area contributed by atoms with Crippen molar-refractivity contribution in [3.63, 3.8) is 0 Å². The minimum Gasteiger partial charge on any atom is -0.352 e. The number of carbonyl (C=O) groups is 2. The van der Waals surface area contributed by atoms with Crippen molar-refractivity contribution >= 4 is 46.2 Å². The molecule has 0 aliphatic carbocycles. The molecule has 1 amide bonds. The third kappa shape index (κ3) is 7.01. The summed E-state index contributed by atoms with van der Waals surface area (Å²) in [5.41, 5.74) is 2.16. The Balaban J connectivity index is 1.46. The molecule has 0 radical (unpaired) electrons. The minimum absolute atomic E-state index is 0.00459. The van der Waals surface area contributed by atoms with Crippen molar-refractivity contribution < 1.29 is 9.59 Å². The standard InChI is InChI=1S/C25H34Cl2N4O2S/c1-15(2)23(32)22(18-8-12-34-14-18)29-19-6-10-31(11-7-19)17(4)5-9-28-25(33)21-16(3)13-20(26)30-24(21)27/h8,12-15,17,19,22,29H,5-7,9-11H2,1-4H3,(H,28,33)/t17-,22?/m1/s1. The summed E-state index contributed by atoms with van der Waals surface area (Å²) in [6.07, 6.45) is 2.83. The van der Waals surface area contributed by atoms with E-state index in [0.29, 0.717) is 29.8 Å². The fourth-order valence-corrected chi connectivity index (χ4v) is 5.70. The van der Waals surface area contributed by atoms with Gasteiger partial charge >= 0.3 is 0 Å². The summed E-state index contributed by atoms with van der Waals surface area (Å²) in [6, 6.07) is 4.11. The number of ketones is 1. The Hall–Kier alpha value is -1.51. The molecule has 6 nitrogen and oxygen atoms in total. The van der Waals surface area contributed by atoms with Crippen LogP contribution in [0.3, 0.4) is 0 Å². The van der Waals surface area contributed by atoms with Crippen LogP contribution in [0.15, 0.2) is 22.9 Å². The molecule has 0 bridgehead atoms. The second-order valence-electron chi connectivity index (χ2n) is 9.34. The molecule has 1 saturated heterocycles. The van der Waals surface area contributed by atoms with Crippen molar-refractivity contribution in [2.45, 2.75) is 65.1 Å². The number of nitrogens with zero attached hydrogens (tertiary/aromatic N) is 2. The van der Waals surface area contributed by atoms with Crippen LogP contribution in [0.1, 0.15) is 67.6 Å². The number of pyridine rings is 1. The minimum atomic E-state index is -0.229. The Labute approximate surface area is 216 Å². The smallest absolute Gasteiger partial charge is 0.254 e. The average molecular weight is 526 g/mol. The first kappa shape index (κ1) is 27.1. The Kier molecular flexibility index (Phi) is 9.92. The first-order chi connectivity index (χ1) is 16.2. The molecule has 0 spiro atoms. The predicted octanol–water partition coefficient (Wildman–Crippen LogP) is 5.29. The van der Waals surface area contributed by atoms with Gasteiger partial charge in [-0.3, -0.25) is 9.59 Å². The van der Waals surface area contributed by atoms with Gasteiger partial charge < -0.3 is 15.5 Å². The number of likely N-dealkylation sites (tertiary alicyclic amines) is 1. The quantitative estimate of drug-likeness (QED) is 0.413. The second kappa shape index (κ2) is 12.5. The highest BCUT2D eigenvalue weighted by atomic mass is 35.5. The summed E-state index contributed by atoms with van der Waals surface area (Å²) >= 11 is 13.6. The molecule has 1 fully saturated rings. The summed E-state index contributed by atoms with van der Waals surface area (Å²) < 4.78 is 0. The zero-order valence-electron chi connectivity index (χ0n) is 20.2. The van der Waals surface area contributed by atoms with E-state index in [1.54, 1.807) is 24.3 Å². The van der Waals surface area contributed by atoms with Gasteiger partial charge in [0.05, 0.1) is 11.6 Å². The van der Waals surface area contributed by atoms with Gasteiger partial charge in [-0.15, -0.1) is 0 Å². The summed E-state index contributed by atoms with van der Waals surface area (Å²) in [7, 11) is 0. The molecule has 2 N–H and O–H groups in total. The Morgan fingerprint density at radius 3 is 2.53 bits per heavy atom. The van der Waals surface area contributed by atoms with E-state index in [4.69, 9.17) is 23.2 Å². The Morgan fingerprint density at radius 2 is 1.94 bits per heavy atom. The van der Waals surface area contributed by atoms with E-state index in [2.05, 4.69) is 32.8 Å². The number of hydrogen-bond donors (Lipinski definition) is 2. The first-order valence-corrected chi connectivity index (χ1v) is 13.5. The number of Topliss-reactive ketones (excluding diaryl/α,β-unsaturated/α-hetero) is 1. The maximum absolute atomic E-state index is 12.8. The lowest BCUT2D eigenvalue weighted by molar-refractivity contribution is -0.124. The highest BCUT2D eigenvalue weighted by molar-refractivity contribution is 7.08. The molecule has 9 heteroatoms. The molecule has 1 aliphatic heterocycles. The number of piperidine rings is 1. The van der Waals surface area contributed by atoms with Crippen LogP contribution in [0.2, 0.25) is 10.3 Å². The molecule has 1 unspecified atom stereocenters. The Bertz CT molecular complexity index is 952. The molecular formula is C25H34Cl2N4O2S. The van der Waals surface area contributed by atoms with Crippen LogP contribution in [-0.4, -0.2) is 53.3 Å². The van der Waals surface area contributed by atoms with E-state index in [9.17, 15) is 9.59 Å². The molecule has 1 aliphatic rings. The van der Waals surface area contributed by atoms with E-state index >= 15 is 0 Å². The van der Waals surface area contributed by atoms with Crippen LogP contribution in [0.5, 0.6) is 0 Å². The lowest BCUT2D eigenvalue weighted by atomic mass is 9.94. The van der Waals surface area contributed by atoms with Gasteiger partial charge in [-0.1, -0.05) is 37.0 Å². The van der Waals surface area contributed by atoms with Crippen molar-refractivity contribution in [1.82, 2.24) is 20.5 Å². The molecule has 186 valence electrons. The van der Waals surface area contributed by atoms with Crippen molar-refractivity contribution in [2.75, 3.05) is 19.6 Å². The van der Waals surface area contributed by atoms with Crippen LogP contribution in [0.4, 0.5) is 0 Å². The van der Waals surface area contributed by atoms with Crippen LogP contribution in [0.25, 0.3) is 0 Å². The van der Waals surface area contributed by atoms with Gasteiger partial charge in [0.1, 0.15) is 10.3 Å². The molecular weight excluding hydrogens is 491 g/mol. The van der Waals surface area contributed by atoms with Gasteiger partial charge in [0.2, 0.25) is 0 Å². The number of halogens is 2. The molecule has 3 heterocycles. The van der Waals surface area contributed by atoms with E-state index in [1.165, 1.54) is 0 Å². The number of carbonyl (C=O) groups excluding carboxylic acids is 2. The summed E-state index contributed by atoms with van der Waals surface area (Å²) in [4.78, 5) is 31.8. The summed E-state index contributed by atoms with van der Waals surface area (Å²) in [6.45, 7) is 10.4. The molecule has 3 rings (SSSR count). The number of rotatable bonds is 10. The predicted molar refractivity (Wildman–Crippen MR) is 140 cm³/mol. The SMILES string of the molecule is Cc1cc(Cl)nc(Cl)c1C(=O)NCC[C@@H](C)N1CCC(NC(C(=O)C(C)C)c2ccsc2)CC1. The molecule has 2 aromatic heterocycles. The van der Waals surface area contributed by atoms with Gasteiger partial charge in [0.15, 0.2) is 5.78 Å². The maximum Gasteiger partial charge on any atom is 0.254 e. The maximum atomic E-state index is 12.8. The second-order valence-corrected chi connectivity index (χ2v) is 10.9. The highest BCUT2D eigenvalue weighted by Crippen LogP contribution is 2.24. The zero-order valence-corrected chi connectivity index (χ0v) is 22.6. The third-order valence-corrected chi connectivity index (χ3v) is 7.67. The number of nitrogens with one attached hydrogen (secondary N) is 2. The monoisotopic (exact) mass is 524 g/mol. The molecule has 2 atom stereocenters. The van der Waals surface area contributed by atoms with Crippen LogP contribution >= 0.6 is 34.5 Å². The van der Waals surface area contributed by atoms with Gasteiger partial charge in [-0.2, -0.15) is 11.3 Å². The molecule has 34 heavy (non-hydrogen) atoms.